The number of methoxy groups -OCH3 is 2. The molecule has 21 heavy (non-hydrogen) atoms. The van der Waals surface area contributed by atoms with E-state index in [4.69, 9.17) is 9.47 Å². The van der Waals surface area contributed by atoms with E-state index >= 15 is 0 Å². The highest BCUT2D eigenvalue weighted by Gasteiger charge is 2.23. The molecule has 1 aliphatic heterocycles. The Labute approximate surface area is 128 Å². The summed E-state index contributed by atoms with van der Waals surface area (Å²) in [4.78, 5) is 2.61. The lowest BCUT2D eigenvalue weighted by Gasteiger charge is -2.37. The highest BCUT2D eigenvalue weighted by atomic mass is 16.5. The van der Waals surface area contributed by atoms with Gasteiger partial charge in [-0.05, 0) is 30.0 Å². The Morgan fingerprint density at radius 3 is 2.33 bits per heavy atom. The molecule has 0 saturated carbocycles. The van der Waals surface area contributed by atoms with Crippen LogP contribution in [0.15, 0.2) is 18.2 Å². The fraction of sp³-hybridized carbons (Fsp3) is 0.647. The van der Waals surface area contributed by atoms with Gasteiger partial charge in [0.2, 0.25) is 0 Å². The minimum absolute atomic E-state index is 0.574. The van der Waals surface area contributed by atoms with Crippen molar-refractivity contribution in [2.24, 2.45) is 5.92 Å². The van der Waals surface area contributed by atoms with E-state index in [1.54, 1.807) is 14.2 Å². The minimum atomic E-state index is 0.574. The molecule has 0 aliphatic carbocycles. The monoisotopic (exact) mass is 292 g/mol. The van der Waals surface area contributed by atoms with Crippen LogP contribution in [0.2, 0.25) is 0 Å². The zero-order chi connectivity index (χ0) is 15.2. The minimum Gasteiger partial charge on any atom is -0.493 e. The third-order valence-electron chi connectivity index (χ3n) is 4.28. The maximum Gasteiger partial charge on any atom is 0.160 e. The Bertz CT molecular complexity index is 442. The van der Waals surface area contributed by atoms with Crippen LogP contribution in [-0.4, -0.2) is 51.3 Å². The molecule has 1 aromatic carbocycles. The molecule has 118 valence electrons. The molecule has 0 aromatic heterocycles. The fourth-order valence-corrected chi connectivity index (χ4v) is 3.05. The summed E-state index contributed by atoms with van der Waals surface area (Å²) in [6, 6.07) is 6.84. The van der Waals surface area contributed by atoms with Crippen LogP contribution < -0.4 is 14.8 Å². The van der Waals surface area contributed by atoms with Gasteiger partial charge in [-0.2, -0.15) is 0 Å². The first-order valence-electron chi connectivity index (χ1n) is 7.81. The number of hydrogen-bond donors (Lipinski definition) is 1. The number of nitrogens with one attached hydrogen (secondary N) is 1. The molecule has 0 radical (unpaired) electrons. The van der Waals surface area contributed by atoms with Crippen molar-refractivity contribution in [2.75, 3.05) is 40.4 Å². The molecule has 0 spiro atoms. The maximum absolute atomic E-state index is 5.42. The molecule has 4 nitrogen and oxygen atoms in total. The van der Waals surface area contributed by atoms with Crippen LogP contribution in [0.1, 0.15) is 19.4 Å². The number of benzene rings is 1. The van der Waals surface area contributed by atoms with Gasteiger partial charge in [0, 0.05) is 32.2 Å². The van der Waals surface area contributed by atoms with E-state index in [0.717, 1.165) is 44.1 Å². The zero-order valence-electron chi connectivity index (χ0n) is 13.7. The summed E-state index contributed by atoms with van der Waals surface area (Å²) < 4.78 is 10.7. The average Bonchev–Trinajstić information content (AvgIpc) is 2.52. The highest BCUT2D eigenvalue weighted by molar-refractivity contribution is 5.43. The van der Waals surface area contributed by atoms with E-state index in [1.165, 1.54) is 5.56 Å². The quantitative estimate of drug-likeness (QED) is 0.871. The molecular weight excluding hydrogens is 264 g/mol. The van der Waals surface area contributed by atoms with Crippen LogP contribution in [0.4, 0.5) is 0 Å². The molecule has 1 N–H and O–H groups in total. The summed E-state index contributed by atoms with van der Waals surface area (Å²) in [5.41, 5.74) is 1.31. The second kappa shape index (κ2) is 7.66. The van der Waals surface area contributed by atoms with Crippen molar-refractivity contribution in [2.45, 2.75) is 26.3 Å². The molecule has 0 bridgehead atoms. The van der Waals surface area contributed by atoms with Crippen LogP contribution in [-0.2, 0) is 6.42 Å². The lowest BCUT2D eigenvalue weighted by Crippen LogP contribution is -2.50. The van der Waals surface area contributed by atoms with E-state index in [-0.39, 0.29) is 0 Å². The second-order valence-electron chi connectivity index (χ2n) is 5.99. The van der Waals surface area contributed by atoms with Gasteiger partial charge in [-0.3, -0.25) is 4.90 Å². The first-order chi connectivity index (χ1) is 10.2. The van der Waals surface area contributed by atoms with Crippen molar-refractivity contribution >= 4 is 0 Å². The van der Waals surface area contributed by atoms with Gasteiger partial charge in [0.1, 0.15) is 0 Å². The topological polar surface area (TPSA) is 33.7 Å². The van der Waals surface area contributed by atoms with Gasteiger partial charge in [-0.1, -0.05) is 19.9 Å². The van der Waals surface area contributed by atoms with Crippen LogP contribution in [0.3, 0.4) is 0 Å². The lowest BCUT2D eigenvalue weighted by molar-refractivity contribution is 0.136. The van der Waals surface area contributed by atoms with E-state index in [0.29, 0.717) is 12.0 Å². The van der Waals surface area contributed by atoms with Crippen LogP contribution in [0.25, 0.3) is 0 Å². The zero-order valence-corrected chi connectivity index (χ0v) is 13.7. The third-order valence-corrected chi connectivity index (χ3v) is 4.28. The van der Waals surface area contributed by atoms with Crippen molar-refractivity contribution in [3.05, 3.63) is 23.8 Å². The summed E-state index contributed by atoms with van der Waals surface area (Å²) in [5, 5.41) is 3.43. The van der Waals surface area contributed by atoms with Gasteiger partial charge in [-0.25, -0.2) is 0 Å². The third kappa shape index (κ3) is 4.11. The molecule has 0 amide bonds. The Hall–Kier alpha value is -1.26. The van der Waals surface area contributed by atoms with Crippen molar-refractivity contribution < 1.29 is 9.47 Å². The number of rotatable bonds is 6. The first kappa shape index (κ1) is 16.1. The first-order valence-corrected chi connectivity index (χ1v) is 7.81. The lowest BCUT2D eigenvalue weighted by atomic mass is 9.94. The van der Waals surface area contributed by atoms with Crippen molar-refractivity contribution in [3.63, 3.8) is 0 Å². The molecule has 1 fully saturated rings. The normalized spacial score (nSPS) is 17.8. The van der Waals surface area contributed by atoms with Gasteiger partial charge in [0.15, 0.2) is 11.5 Å². The van der Waals surface area contributed by atoms with Gasteiger partial charge in [0.25, 0.3) is 0 Å². The Morgan fingerprint density at radius 1 is 1.10 bits per heavy atom. The molecule has 1 aromatic rings. The highest BCUT2D eigenvalue weighted by Crippen LogP contribution is 2.29. The van der Waals surface area contributed by atoms with Crippen LogP contribution in [0.5, 0.6) is 11.5 Å². The molecular formula is C17H28N2O2. The fourth-order valence-electron chi connectivity index (χ4n) is 3.05. The predicted octanol–water partition coefficient (Wildman–Crippen LogP) is 2.18. The summed E-state index contributed by atoms with van der Waals surface area (Å²) >= 11 is 0. The molecule has 1 unspecified atom stereocenters. The van der Waals surface area contributed by atoms with E-state index in [2.05, 4.69) is 36.2 Å². The largest absolute Gasteiger partial charge is 0.493 e. The summed E-state index contributed by atoms with van der Waals surface area (Å²) in [6.45, 7) is 9.08. The molecule has 1 heterocycles. The SMILES string of the molecule is COc1ccc(CC(C(C)C)N2CCNCC2)cc1OC. The Balaban J connectivity index is 2.12. The van der Waals surface area contributed by atoms with Crippen LogP contribution in [0, 0.1) is 5.92 Å². The number of nitrogens with zero attached hydrogens (tertiary/aromatic N) is 1. The van der Waals surface area contributed by atoms with Gasteiger partial charge in [-0.15, -0.1) is 0 Å². The van der Waals surface area contributed by atoms with E-state index in [1.807, 2.05) is 6.07 Å². The van der Waals surface area contributed by atoms with E-state index in [9.17, 15) is 0 Å². The Kier molecular flexibility index (Phi) is 5.88. The molecule has 4 heteroatoms. The predicted molar refractivity (Wildman–Crippen MR) is 86.3 cm³/mol. The van der Waals surface area contributed by atoms with E-state index < -0.39 is 0 Å². The molecule has 1 atom stereocenters. The smallest absolute Gasteiger partial charge is 0.160 e. The summed E-state index contributed by atoms with van der Waals surface area (Å²) in [6.07, 6.45) is 1.05. The number of ether oxygens (including phenoxy) is 2. The van der Waals surface area contributed by atoms with Gasteiger partial charge >= 0.3 is 0 Å². The van der Waals surface area contributed by atoms with Gasteiger partial charge < -0.3 is 14.8 Å². The van der Waals surface area contributed by atoms with Crippen molar-refractivity contribution in [3.8, 4) is 11.5 Å². The van der Waals surface area contributed by atoms with Gasteiger partial charge in [0.05, 0.1) is 14.2 Å². The summed E-state index contributed by atoms with van der Waals surface area (Å²) in [5.74, 6) is 2.25. The molecule has 1 saturated heterocycles. The standard InChI is InChI=1S/C17H28N2O2/c1-13(2)15(19-9-7-18-8-10-19)11-14-5-6-16(20-3)17(12-14)21-4/h5-6,12-13,15,18H,7-11H2,1-4H3. The molecule has 2 rings (SSSR count). The second-order valence-corrected chi connectivity index (χ2v) is 5.99. The van der Waals surface area contributed by atoms with Crippen molar-refractivity contribution in [1.29, 1.82) is 0 Å². The maximum atomic E-state index is 5.42. The Morgan fingerprint density at radius 2 is 1.76 bits per heavy atom. The summed E-state index contributed by atoms with van der Waals surface area (Å²) in [7, 11) is 3.37. The number of piperazine rings is 1. The number of hydrogen-bond acceptors (Lipinski definition) is 4. The molecule has 1 aliphatic rings. The van der Waals surface area contributed by atoms with Crippen molar-refractivity contribution in [1.82, 2.24) is 10.2 Å². The average molecular weight is 292 g/mol. The van der Waals surface area contributed by atoms with Crippen LogP contribution >= 0.6 is 0 Å².